The molecule has 150 valence electrons. The van der Waals surface area contributed by atoms with E-state index in [0.29, 0.717) is 11.7 Å². The highest BCUT2D eigenvalue weighted by molar-refractivity contribution is 5.90. The van der Waals surface area contributed by atoms with Crippen molar-refractivity contribution < 1.29 is 15.1 Å². The fourth-order valence-electron chi connectivity index (χ4n) is 6.43. The van der Waals surface area contributed by atoms with E-state index in [1.807, 2.05) is 36.4 Å². The zero-order chi connectivity index (χ0) is 20.0. The van der Waals surface area contributed by atoms with Crippen molar-refractivity contribution in [2.24, 2.45) is 23.7 Å². The maximum absolute atomic E-state index is 11.1. The van der Waals surface area contributed by atoms with E-state index >= 15 is 0 Å². The van der Waals surface area contributed by atoms with E-state index in [1.165, 1.54) is 38.2 Å². The highest BCUT2D eigenvalue weighted by Crippen LogP contribution is 2.60. The third-order valence-electron chi connectivity index (χ3n) is 7.39. The van der Waals surface area contributed by atoms with Crippen molar-refractivity contribution in [1.82, 2.24) is 5.48 Å². The molecule has 3 N–H and O–H groups in total. The van der Waals surface area contributed by atoms with Crippen molar-refractivity contribution in [2.75, 3.05) is 0 Å². The molecule has 0 aromatic heterocycles. The van der Waals surface area contributed by atoms with E-state index in [2.05, 4.69) is 6.07 Å². The van der Waals surface area contributed by atoms with Gasteiger partial charge in [-0.25, -0.2) is 5.48 Å². The molecule has 6 rings (SSSR count). The van der Waals surface area contributed by atoms with Crippen LogP contribution in [0.5, 0.6) is 5.75 Å². The quantitative estimate of drug-likeness (QED) is 0.386. The number of aromatic hydroxyl groups is 1. The average molecular weight is 389 g/mol. The van der Waals surface area contributed by atoms with Crippen LogP contribution in [-0.4, -0.2) is 16.2 Å². The van der Waals surface area contributed by atoms with Gasteiger partial charge in [-0.15, -0.1) is 0 Å². The van der Waals surface area contributed by atoms with Gasteiger partial charge >= 0.3 is 0 Å². The van der Waals surface area contributed by atoms with Gasteiger partial charge in [0.15, 0.2) is 0 Å². The maximum atomic E-state index is 11.1. The van der Waals surface area contributed by atoms with Gasteiger partial charge in [0.2, 0.25) is 0 Å². The Kier molecular flexibility index (Phi) is 4.67. The molecule has 4 aliphatic rings. The predicted molar refractivity (Wildman–Crippen MR) is 112 cm³/mol. The van der Waals surface area contributed by atoms with E-state index in [-0.39, 0.29) is 0 Å². The molecule has 0 spiro atoms. The standard InChI is InChI=1S/C25H27NO3/c27-23-7-6-19(18-4-1-15(2-5-18)3-8-24(28)26-29)14-22(23)25-20-10-16-9-17(12-20)13-21(25)11-16/h1-8,14,16-17,20-21,25,27,29H,9-13H2,(H,26,28)/b8-3+. The zero-order valence-corrected chi connectivity index (χ0v) is 16.4. The molecule has 4 bridgehead atoms. The monoisotopic (exact) mass is 389 g/mol. The molecular formula is C25H27NO3. The number of benzene rings is 2. The van der Waals surface area contributed by atoms with E-state index in [9.17, 15) is 9.90 Å². The summed E-state index contributed by atoms with van der Waals surface area (Å²) in [4.78, 5) is 11.1. The van der Waals surface area contributed by atoms with Crippen LogP contribution in [0.3, 0.4) is 0 Å². The molecule has 4 aliphatic carbocycles. The summed E-state index contributed by atoms with van der Waals surface area (Å²) in [5.41, 5.74) is 5.83. The van der Waals surface area contributed by atoms with Crippen LogP contribution in [0.2, 0.25) is 0 Å². The average Bonchev–Trinajstić information content (AvgIpc) is 2.73. The van der Waals surface area contributed by atoms with Gasteiger partial charge in [-0.1, -0.05) is 30.3 Å². The smallest absolute Gasteiger partial charge is 0.267 e. The van der Waals surface area contributed by atoms with Crippen LogP contribution in [0.15, 0.2) is 48.5 Å². The van der Waals surface area contributed by atoms with Gasteiger partial charge in [-0.3, -0.25) is 10.0 Å². The van der Waals surface area contributed by atoms with Crippen molar-refractivity contribution in [3.8, 4) is 16.9 Å². The van der Waals surface area contributed by atoms with Gasteiger partial charge in [-0.2, -0.15) is 0 Å². The van der Waals surface area contributed by atoms with Crippen LogP contribution in [0, 0.1) is 23.7 Å². The molecule has 0 unspecified atom stereocenters. The Morgan fingerprint density at radius 3 is 2.14 bits per heavy atom. The van der Waals surface area contributed by atoms with Crippen molar-refractivity contribution in [3.05, 3.63) is 59.7 Å². The first-order chi connectivity index (χ1) is 14.1. The number of hydrogen-bond acceptors (Lipinski definition) is 3. The number of phenols is 1. The number of amides is 1. The van der Waals surface area contributed by atoms with Crippen molar-refractivity contribution >= 4 is 12.0 Å². The second-order valence-electron chi connectivity index (χ2n) is 9.16. The van der Waals surface area contributed by atoms with Gasteiger partial charge in [0, 0.05) is 6.08 Å². The van der Waals surface area contributed by atoms with Gasteiger partial charge in [0.05, 0.1) is 0 Å². The lowest BCUT2D eigenvalue weighted by atomic mass is 9.50. The number of phenolic OH excluding ortho intramolecular Hbond substituents is 1. The first-order valence-corrected chi connectivity index (χ1v) is 10.7. The Morgan fingerprint density at radius 1 is 0.897 bits per heavy atom. The van der Waals surface area contributed by atoms with Crippen molar-refractivity contribution in [1.29, 1.82) is 0 Å². The summed E-state index contributed by atoms with van der Waals surface area (Å²) in [6.45, 7) is 0. The number of carbonyl (C=O) groups excluding carboxylic acids is 1. The molecule has 2 aromatic carbocycles. The molecule has 0 atom stereocenters. The van der Waals surface area contributed by atoms with Crippen molar-refractivity contribution in [3.63, 3.8) is 0 Å². The first-order valence-electron chi connectivity index (χ1n) is 10.7. The molecular weight excluding hydrogens is 362 g/mol. The van der Waals surface area contributed by atoms with Crippen molar-refractivity contribution in [2.45, 2.75) is 38.0 Å². The number of hydrogen-bond donors (Lipinski definition) is 3. The highest BCUT2D eigenvalue weighted by atomic mass is 16.5. The first kappa shape index (κ1) is 18.4. The van der Waals surface area contributed by atoms with Crippen LogP contribution >= 0.6 is 0 Å². The lowest BCUT2D eigenvalue weighted by Crippen LogP contribution is -2.43. The molecule has 4 heteroatoms. The predicted octanol–water partition coefficient (Wildman–Crippen LogP) is 5.12. The molecule has 0 heterocycles. The molecule has 29 heavy (non-hydrogen) atoms. The van der Waals surface area contributed by atoms with Crippen LogP contribution in [0.25, 0.3) is 17.2 Å². The number of rotatable bonds is 4. The summed E-state index contributed by atoms with van der Waals surface area (Å²) in [5, 5.41) is 19.3. The molecule has 0 saturated heterocycles. The summed E-state index contributed by atoms with van der Waals surface area (Å²) in [7, 11) is 0. The van der Waals surface area contributed by atoms with Crippen LogP contribution in [0.4, 0.5) is 0 Å². The molecule has 2 aromatic rings. The third-order valence-corrected chi connectivity index (χ3v) is 7.39. The second-order valence-corrected chi connectivity index (χ2v) is 9.16. The zero-order valence-electron chi connectivity index (χ0n) is 16.4. The van der Waals surface area contributed by atoms with Crippen LogP contribution in [-0.2, 0) is 4.79 Å². The second kappa shape index (κ2) is 7.34. The molecule has 4 saturated carbocycles. The van der Waals surface area contributed by atoms with E-state index in [1.54, 1.807) is 11.6 Å². The third kappa shape index (κ3) is 3.46. The molecule has 4 nitrogen and oxygen atoms in total. The van der Waals surface area contributed by atoms with Crippen LogP contribution in [0.1, 0.15) is 49.1 Å². The SMILES string of the molecule is O=C(/C=C/c1ccc(-c2ccc(O)c(C3C4CC5CC(C4)CC3C5)c2)cc1)NO. The normalized spacial score (nSPS) is 30.0. The minimum absolute atomic E-state index is 0.445. The molecule has 0 aliphatic heterocycles. The Balaban J connectivity index is 1.41. The largest absolute Gasteiger partial charge is 0.508 e. The summed E-state index contributed by atoms with van der Waals surface area (Å²) in [6.07, 6.45) is 9.74. The molecule has 0 radical (unpaired) electrons. The van der Waals surface area contributed by atoms with E-state index in [4.69, 9.17) is 5.21 Å². The molecule has 1 amide bonds. The lowest BCUT2D eigenvalue weighted by molar-refractivity contribution is -0.124. The fourth-order valence-corrected chi connectivity index (χ4v) is 6.43. The maximum Gasteiger partial charge on any atom is 0.267 e. The minimum Gasteiger partial charge on any atom is -0.508 e. The summed E-state index contributed by atoms with van der Waals surface area (Å²) in [5.74, 6) is 3.71. The minimum atomic E-state index is -0.548. The number of carbonyl (C=O) groups is 1. The fraction of sp³-hybridized carbons (Fsp3) is 0.400. The lowest BCUT2D eigenvalue weighted by Gasteiger charge is -2.54. The van der Waals surface area contributed by atoms with Gasteiger partial charge in [0.25, 0.3) is 5.91 Å². The van der Waals surface area contributed by atoms with Gasteiger partial charge in [0.1, 0.15) is 5.75 Å². The number of hydroxylamine groups is 1. The van der Waals surface area contributed by atoms with Gasteiger partial charge in [-0.05, 0) is 102 Å². The molecule has 4 fully saturated rings. The van der Waals surface area contributed by atoms with Gasteiger partial charge < -0.3 is 5.11 Å². The Labute approximate surface area is 171 Å². The number of nitrogens with one attached hydrogen (secondary N) is 1. The topological polar surface area (TPSA) is 69.6 Å². The van der Waals surface area contributed by atoms with Crippen LogP contribution < -0.4 is 5.48 Å². The highest BCUT2D eigenvalue weighted by Gasteiger charge is 2.49. The summed E-state index contributed by atoms with van der Waals surface area (Å²) < 4.78 is 0. The van der Waals surface area contributed by atoms with E-state index < -0.39 is 5.91 Å². The van der Waals surface area contributed by atoms with E-state index in [0.717, 1.165) is 45.9 Å². The Hall–Kier alpha value is -2.59. The summed E-state index contributed by atoms with van der Waals surface area (Å²) >= 11 is 0. The Bertz CT molecular complexity index is 919. The summed E-state index contributed by atoms with van der Waals surface area (Å²) in [6, 6.07) is 14.0. The Morgan fingerprint density at radius 2 is 1.52 bits per heavy atom.